The lowest BCUT2D eigenvalue weighted by Crippen LogP contribution is -2.47. The number of nitrogens with zero attached hydrogens (tertiary/aromatic N) is 1. The Kier molecular flexibility index (Phi) is 5.45. The van der Waals surface area contributed by atoms with Crippen molar-refractivity contribution < 1.29 is 9.53 Å². The van der Waals surface area contributed by atoms with E-state index >= 15 is 0 Å². The molecular weight excluding hydrogens is 228 g/mol. The fourth-order valence-electron chi connectivity index (χ4n) is 2.13. The first-order chi connectivity index (χ1) is 8.28. The van der Waals surface area contributed by atoms with Crippen LogP contribution in [0.3, 0.4) is 0 Å². The van der Waals surface area contributed by atoms with Gasteiger partial charge < -0.3 is 15.0 Å². The van der Waals surface area contributed by atoms with E-state index in [0.717, 1.165) is 19.6 Å². The number of hydrogen-bond donors (Lipinski definition) is 1. The van der Waals surface area contributed by atoms with E-state index in [-0.39, 0.29) is 12.1 Å². The van der Waals surface area contributed by atoms with Gasteiger partial charge in [0.15, 0.2) is 0 Å². The second-order valence-corrected chi connectivity index (χ2v) is 6.50. The van der Waals surface area contributed by atoms with Gasteiger partial charge in [-0.2, -0.15) is 0 Å². The van der Waals surface area contributed by atoms with Gasteiger partial charge in [-0.05, 0) is 52.6 Å². The fraction of sp³-hybridized carbons (Fsp3) is 0.929. The highest BCUT2D eigenvalue weighted by Crippen LogP contribution is 2.13. The normalized spacial score (nSPS) is 19.0. The molecule has 1 atom stereocenters. The Morgan fingerprint density at radius 3 is 2.28 bits per heavy atom. The van der Waals surface area contributed by atoms with Crippen LogP contribution in [0.15, 0.2) is 0 Å². The maximum Gasteiger partial charge on any atom is 0.407 e. The third-order valence-corrected chi connectivity index (χ3v) is 3.16. The largest absolute Gasteiger partial charge is 0.444 e. The summed E-state index contributed by atoms with van der Waals surface area (Å²) < 4.78 is 5.31. The molecule has 0 aromatic heterocycles. The van der Waals surface area contributed by atoms with Gasteiger partial charge in [-0.3, -0.25) is 0 Å². The zero-order valence-electron chi connectivity index (χ0n) is 12.5. The van der Waals surface area contributed by atoms with E-state index < -0.39 is 5.60 Å². The monoisotopic (exact) mass is 256 g/mol. The molecule has 0 radical (unpaired) electrons. The minimum Gasteiger partial charge on any atom is -0.444 e. The summed E-state index contributed by atoms with van der Waals surface area (Å²) in [6.45, 7) is 13.2. The average Bonchev–Trinajstić information content (AvgIpc) is 2.66. The zero-order chi connectivity index (χ0) is 13.8. The molecule has 1 aliphatic heterocycles. The van der Waals surface area contributed by atoms with Gasteiger partial charge in [0.25, 0.3) is 0 Å². The van der Waals surface area contributed by atoms with E-state index in [2.05, 4.69) is 24.1 Å². The highest BCUT2D eigenvalue weighted by atomic mass is 16.6. The quantitative estimate of drug-likeness (QED) is 0.840. The summed E-state index contributed by atoms with van der Waals surface area (Å²) >= 11 is 0. The molecule has 4 heteroatoms. The Bertz CT molecular complexity index is 265. The molecule has 1 aliphatic rings. The predicted octanol–water partition coefficient (Wildman–Crippen LogP) is 2.63. The molecule has 1 rings (SSSR count). The third kappa shape index (κ3) is 5.71. The molecule has 0 aliphatic carbocycles. The van der Waals surface area contributed by atoms with Gasteiger partial charge in [-0.25, -0.2) is 4.79 Å². The number of carbonyl (C=O) groups is 1. The lowest BCUT2D eigenvalue weighted by Gasteiger charge is -2.28. The lowest BCUT2D eigenvalue weighted by atomic mass is 10.0. The maximum absolute atomic E-state index is 11.8. The van der Waals surface area contributed by atoms with E-state index in [1.165, 1.54) is 12.8 Å². The van der Waals surface area contributed by atoms with Gasteiger partial charge >= 0.3 is 6.09 Å². The summed E-state index contributed by atoms with van der Waals surface area (Å²) in [5.74, 6) is 0.415. The molecule has 1 fully saturated rings. The van der Waals surface area contributed by atoms with Crippen molar-refractivity contribution in [1.29, 1.82) is 0 Å². The van der Waals surface area contributed by atoms with Crippen LogP contribution in [-0.2, 0) is 4.74 Å². The van der Waals surface area contributed by atoms with Crippen molar-refractivity contribution in [1.82, 2.24) is 10.2 Å². The van der Waals surface area contributed by atoms with Gasteiger partial charge in [0.2, 0.25) is 0 Å². The van der Waals surface area contributed by atoms with E-state index in [1.54, 1.807) is 0 Å². The van der Waals surface area contributed by atoms with Crippen molar-refractivity contribution in [3.63, 3.8) is 0 Å². The van der Waals surface area contributed by atoms with Crippen LogP contribution in [0.5, 0.6) is 0 Å². The number of hydrogen-bond acceptors (Lipinski definition) is 3. The molecule has 1 amide bonds. The summed E-state index contributed by atoms with van der Waals surface area (Å²) in [6, 6.07) is 0.165. The van der Waals surface area contributed by atoms with E-state index in [0.29, 0.717) is 5.92 Å². The first-order valence-corrected chi connectivity index (χ1v) is 7.00. The van der Waals surface area contributed by atoms with Crippen LogP contribution < -0.4 is 5.32 Å². The minimum absolute atomic E-state index is 0.165. The molecule has 18 heavy (non-hydrogen) atoms. The summed E-state index contributed by atoms with van der Waals surface area (Å²) in [4.78, 5) is 14.2. The average molecular weight is 256 g/mol. The van der Waals surface area contributed by atoms with Crippen molar-refractivity contribution in [3.05, 3.63) is 0 Å². The number of likely N-dealkylation sites (tertiary alicyclic amines) is 1. The topological polar surface area (TPSA) is 41.6 Å². The van der Waals surface area contributed by atoms with Crippen LogP contribution in [0.4, 0.5) is 4.79 Å². The molecule has 0 saturated carbocycles. The van der Waals surface area contributed by atoms with Crippen molar-refractivity contribution in [2.45, 2.75) is 59.1 Å². The Balaban J connectivity index is 2.44. The molecule has 0 aromatic carbocycles. The van der Waals surface area contributed by atoms with Gasteiger partial charge in [0, 0.05) is 12.6 Å². The molecular formula is C14H28N2O2. The van der Waals surface area contributed by atoms with Crippen LogP contribution in [0.25, 0.3) is 0 Å². The van der Waals surface area contributed by atoms with Crippen molar-refractivity contribution in [2.75, 3.05) is 19.6 Å². The van der Waals surface area contributed by atoms with Crippen LogP contribution >= 0.6 is 0 Å². The third-order valence-electron chi connectivity index (χ3n) is 3.16. The van der Waals surface area contributed by atoms with Crippen LogP contribution in [0.1, 0.15) is 47.5 Å². The molecule has 106 valence electrons. The first-order valence-electron chi connectivity index (χ1n) is 7.00. The number of carbonyl (C=O) groups excluding carboxylic acids is 1. The number of rotatable bonds is 4. The molecule has 0 bridgehead atoms. The molecule has 0 spiro atoms. The summed E-state index contributed by atoms with van der Waals surface area (Å²) in [7, 11) is 0. The second-order valence-electron chi connectivity index (χ2n) is 6.50. The zero-order valence-corrected chi connectivity index (χ0v) is 12.5. The second kappa shape index (κ2) is 6.41. The smallest absolute Gasteiger partial charge is 0.407 e. The SMILES string of the molecule is CC(C)C(CN1CCCC1)NC(=O)OC(C)(C)C. The number of nitrogens with one attached hydrogen (secondary N) is 1. The molecule has 1 N–H and O–H groups in total. The summed E-state index contributed by atoms with van der Waals surface area (Å²) in [5, 5.41) is 3.00. The first kappa shape index (κ1) is 15.3. The molecule has 1 unspecified atom stereocenters. The molecule has 4 nitrogen and oxygen atoms in total. The van der Waals surface area contributed by atoms with E-state index in [9.17, 15) is 4.79 Å². The lowest BCUT2D eigenvalue weighted by molar-refractivity contribution is 0.0477. The van der Waals surface area contributed by atoms with Crippen molar-refractivity contribution >= 4 is 6.09 Å². The number of amides is 1. The van der Waals surface area contributed by atoms with E-state index in [1.807, 2.05) is 20.8 Å². The van der Waals surface area contributed by atoms with Crippen LogP contribution in [0.2, 0.25) is 0 Å². The molecule has 0 aromatic rings. The Morgan fingerprint density at radius 2 is 1.83 bits per heavy atom. The van der Waals surface area contributed by atoms with Crippen LogP contribution in [0, 0.1) is 5.92 Å². The van der Waals surface area contributed by atoms with E-state index in [4.69, 9.17) is 4.74 Å². The van der Waals surface area contributed by atoms with Gasteiger partial charge in [0.1, 0.15) is 5.60 Å². The Hall–Kier alpha value is -0.770. The van der Waals surface area contributed by atoms with Gasteiger partial charge in [0.05, 0.1) is 0 Å². The van der Waals surface area contributed by atoms with Gasteiger partial charge in [-0.1, -0.05) is 13.8 Å². The fourth-order valence-corrected chi connectivity index (χ4v) is 2.13. The van der Waals surface area contributed by atoms with Crippen LogP contribution in [-0.4, -0.2) is 42.3 Å². The standard InChI is InChI=1S/C14H28N2O2/c1-11(2)12(10-16-8-6-7-9-16)15-13(17)18-14(3,4)5/h11-12H,6-10H2,1-5H3,(H,15,17). The Morgan fingerprint density at radius 1 is 1.28 bits per heavy atom. The van der Waals surface area contributed by atoms with Crippen molar-refractivity contribution in [2.24, 2.45) is 5.92 Å². The number of ether oxygens (including phenoxy) is 1. The van der Waals surface area contributed by atoms with Gasteiger partial charge in [-0.15, -0.1) is 0 Å². The number of alkyl carbamates (subject to hydrolysis) is 1. The highest BCUT2D eigenvalue weighted by Gasteiger charge is 2.24. The molecule has 1 heterocycles. The predicted molar refractivity (Wildman–Crippen MR) is 73.7 cm³/mol. The summed E-state index contributed by atoms with van der Waals surface area (Å²) in [5.41, 5.74) is -0.431. The summed E-state index contributed by atoms with van der Waals surface area (Å²) in [6.07, 6.45) is 2.24. The molecule has 1 saturated heterocycles. The minimum atomic E-state index is -0.431. The highest BCUT2D eigenvalue weighted by molar-refractivity contribution is 5.68. The van der Waals surface area contributed by atoms with Crippen molar-refractivity contribution in [3.8, 4) is 0 Å². The maximum atomic E-state index is 11.8. The Labute approximate surface area is 111 Å².